The molecule has 0 aliphatic rings. The Balaban J connectivity index is 2.09. The van der Waals surface area contributed by atoms with Gasteiger partial charge in [-0.05, 0) is 56.0 Å². The number of benzene rings is 2. The number of halogens is 1. The minimum atomic E-state index is 0.616. The second-order valence-electron chi connectivity index (χ2n) is 5.66. The van der Waals surface area contributed by atoms with Crippen molar-refractivity contribution in [3.8, 4) is 0 Å². The normalized spacial score (nSPS) is 12.3. The molecule has 0 aromatic heterocycles. The zero-order valence-corrected chi connectivity index (χ0v) is 14.5. The highest BCUT2D eigenvalue weighted by molar-refractivity contribution is 9.10. The molecule has 0 saturated carbocycles. The molecule has 2 heteroatoms. The summed E-state index contributed by atoms with van der Waals surface area (Å²) in [7, 11) is 0. The Morgan fingerprint density at radius 1 is 1.05 bits per heavy atom. The third-order valence-electron chi connectivity index (χ3n) is 3.76. The molecule has 0 bridgehead atoms. The van der Waals surface area contributed by atoms with E-state index in [1.807, 2.05) is 0 Å². The smallest absolute Gasteiger partial charge is 0.0207 e. The Morgan fingerprint density at radius 3 is 2.57 bits per heavy atom. The lowest BCUT2D eigenvalue weighted by Crippen LogP contribution is -2.25. The molecule has 1 N–H and O–H groups in total. The van der Waals surface area contributed by atoms with Gasteiger partial charge in [0.05, 0.1) is 0 Å². The predicted octanol–water partition coefficient (Wildman–Crippen LogP) is 4.77. The summed E-state index contributed by atoms with van der Waals surface area (Å²) in [5, 5.41) is 3.51. The van der Waals surface area contributed by atoms with Crippen molar-refractivity contribution >= 4 is 15.9 Å². The van der Waals surface area contributed by atoms with E-state index in [2.05, 4.69) is 83.6 Å². The van der Waals surface area contributed by atoms with Crippen molar-refractivity contribution in [1.82, 2.24) is 5.32 Å². The molecule has 0 amide bonds. The van der Waals surface area contributed by atoms with Crippen LogP contribution in [0.25, 0.3) is 0 Å². The second-order valence-corrected chi connectivity index (χ2v) is 6.52. The van der Waals surface area contributed by atoms with Crippen molar-refractivity contribution in [3.05, 3.63) is 69.7 Å². The number of rotatable bonds is 7. The Labute approximate surface area is 136 Å². The van der Waals surface area contributed by atoms with E-state index in [0.29, 0.717) is 5.92 Å². The molecule has 0 fully saturated rings. The molecule has 0 saturated heterocycles. The molecule has 2 rings (SSSR count). The zero-order valence-electron chi connectivity index (χ0n) is 12.9. The van der Waals surface area contributed by atoms with Gasteiger partial charge in [-0.2, -0.15) is 0 Å². The summed E-state index contributed by atoms with van der Waals surface area (Å²) in [6, 6.07) is 17.4. The van der Waals surface area contributed by atoms with E-state index in [9.17, 15) is 0 Å². The van der Waals surface area contributed by atoms with Gasteiger partial charge >= 0.3 is 0 Å². The van der Waals surface area contributed by atoms with Gasteiger partial charge in [0.2, 0.25) is 0 Å². The van der Waals surface area contributed by atoms with Crippen LogP contribution in [0.4, 0.5) is 0 Å². The molecule has 1 nitrogen and oxygen atoms in total. The van der Waals surface area contributed by atoms with Gasteiger partial charge in [0.15, 0.2) is 0 Å². The van der Waals surface area contributed by atoms with Crippen LogP contribution in [-0.2, 0) is 12.8 Å². The van der Waals surface area contributed by atoms with Gasteiger partial charge in [-0.15, -0.1) is 0 Å². The van der Waals surface area contributed by atoms with Crippen molar-refractivity contribution in [2.45, 2.75) is 26.7 Å². The Bertz CT molecular complexity index is 565. The van der Waals surface area contributed by atoms with Crippen LogP contribution in [0, 0.1) is 12.8 Å². The summed E-state index contributed by atoms with van der Waals surface area (Å²) in [6.45, 7) is 6.42. The van der Waals surface area contributed by atoms with E-state index in [-0.39, 0.29) is 0 Å². The summed E-state index contributed by atoms with van der Waals surface area (Å²) < 4.78 is 1.22. The largest absolute Gasteiger partial charge is 0.317 e. The second kappa shape index (κ2) is 8.35. The summed E-state index contributed by atoms with van der Waals surface area (Å²) in [4.78, 5) is 0. The monoisotopic (exact) mass is 345 g/mol. The first-order chi connectivity index (χ1) is 10.2. The number of hydrogen-bond acceptors (Lipinski definition) is 1. The van der Waals surface area contributed by atoms with Gasteiger partial charge in [-0.3, -0.25) is 0 Å². The van der Waals surface area contributed by atoms with E-state index in [1.165, 1.54) is 21.2 Å². The van der Waals surface area contributed by atoms with Crippen LogP contribution >= 0.6 is 15.9 Å². The van der Waals surface area contributed by atoms with Crippen LogP contribution in [0.1, 0.15) is 23.6 Å². The molecule has 0 spiro atoms. The van der Waals surface area contributed by atoms with Gasteiger partial charge in [0.25, 0.3) is 0 Å². The van der Waals surface area contributed by atoms with Gasteiger partial charge in [-0.1, -0.05) is 70.9 Å². The lowest BCUT2D eigenvalue weighted by Gasteiger charge is -2.18. The van der Waals surface area contributed by atoms with Crippen LogP contribution < -0.4 is 5.32 Å². The molecule has 1 unspecified atom stereocenters. The van der Waals surface area contributed by atoms with Gasteiger partial charge in [0.1, 0.15) is 0 Å². The fraction of sp³-hybridized carbons (Fsp3) is 0.368. The molecular weight excluding hydrogens is 322 g/mol. The molecule has 2 aromatic carbocycles. The van der Waals surface area contributed by atoms with Crippen molar-refractivity contribution in [2.24, 2.45) is 5.92 Å². The van der Waals surface area contributed by atoms with Crippen molar-refractivity contribution in [3.63, 3.8) is 0 Å². The summed E-state index contributed by atoms with van der Waals surface area (Å²) >= 11 is 3.67. The highest BCUT2D eigenvalue weighted by Gasteiger charge is 2.12. The van der Waals surface area contributed by atoms with E-state index in [0.717, 1.165) is 25.9 Å². The first-order valence-electron chi connectivity index (χ1n) is 7.68. The Hall–Kier alpha value is -1.12. The van der Waals surface area contributed by atoms with E-state index < -0.39 is 0 Å². The summed E-state index contributed by atoms with van der Waals surface area (Å²) in [6.07, 6.45) is 2.22. The minimum absolute atomic E-state index is 0.616. The van der Waals surface area contributed by atoms with Crippen LogP contribution in [0.3, 0.4) is 0 Å². The summed E-state index contributed by atoms with van der Waals surface area (Å²) in [5.74, 6) is 0.616. The molecule has 21 heavy (non-hydrogen) atoms. The van der Waals surface area contributed by atoms with Gasteiger partial charge in [0, 0.05) is 4.47 Å². The van der Waals surface area contributed by atoms with Crippen molar-refractivity contribution in [2.75, 3.05) is 13.1 Å². The molecule has 0 heterocycles. The average Bonchev–Trinajstić information content (AvgIpc) is 2.47. The number of aryl methyl sites for hydroxylation is 1. The summed E-state index contributed by atoms with van der Waals surface area (Å²) in [5.41, 5.74) is 4.17. The maximum atomic E-state index is 3.67. The van der Waals surface area contributed by atoms with Gasteiger partial charge in [-0.25, -0.2) is 0 Å². The maximum absolute atomic E-state index is 3.67. The van der Waals surface area contributed by atoms with Crippen LogP contribution in [-0.4, -0.2) is 13.1 Å². The maximum Gasteiger partial charge on any atom is 0.0207 e. The number of hydrogen-bond donors (Lipinski definition) is 1. The Morgan fingerprint density at radius 2 is 1.86 bits per heavy atom. The first-order valence-corrected chi connectivity index (χ1v) is 8.48. The van der Waals surface area contributed by atoms with Crippen LogP contribution in [0.2, 0.25) is 0 Å². The van der Waals surface area contributed by atoms with Crippen molar-refractivity contribution in [1.29, 1.82) is 0 Å². The van der Waals surface area contributed by atoms with Crippen LogP contribution in [0.5, 0.6) is 0 Å². The molecule has 0 aliphatic carbocycles. The third-order valence-corrected chi connectivity index (χ3v) is 4.53. The van der Waals surface area contributed by atoms with Gasteiger partial charge < -0.3 is 5.32 Å². The lowest BCUT2D eigenvalue weighted by atomic mass is 9.92. The SMILES string of the molecule is CCNCC(Cc1cccc(C)c1)Cc1ccccc1Br. The average molecular weight is 346 g/mol. The third kappa shape index (κ3) is 5.29. The highest BCUT2D eigenvalue weighted by atomic mass is 79.9. The Kier molecular flexibility index (Phi) is 6.47. The fourth-order valence-electron chi connectivity index (χ4n) is 2.71. The zero-order chi connectivity index (χ0) is 15.1. The highest BCUT2D eigenvalue weighted by Crippen LogP contribution is 2.21. The molecule has 2 aromatic rings. The lowest BCUT2D eigenvalue weighted by molar-refractivity contribution is 0.477. The molecule has 1 atom stereocenters. The molecule has 0 radical (unpaired) electrons. The van der Waals surface area contributed by atoms with E-state index in [4.69, 9.17) is 0 Å². The fourth-order valence-corrected chi connectivity index (χ4v) is 3.16. The molecule has 0 aliphatic heterocycles. The van der Waals surface area contributed by atoms with E-state index >= 15 is 0 Å². The standard InChI is InChI=1S/C19H24BrN/c1-3-21-14-17(12-16-8-6-7-15(2)11-16)13-18-9-4-5-10-19(18)20/h4-11,17,21H,3,12-14H2,1-2H3. The predicted molar refractivity (Wildman–Crippen MR) is 94.8 cm³/mol. The first kappa shape index (κ1) is 16.3. The number of nitrogens with one attached hydrogen (secondary N) is 1. The minimum Gasteiger partial charge on any atom is -0.317 e. The quantitative estimate of drug-likeness (QED) is 0.762. The molecule has 112 valence electrons. The topological polar surface area (TPSA) is 12.0 Å². The van der Waals surface area contributed by atoms with Crippen molar-refractivity contribution < 1.29 is 0 Å². The van der Waals surface area contributed by atoms with Crippen LogP contribution in [0.15, 0.2) is 53.0 Å². The van der Waals surface area contributed by atoms with E-state index in [1.54, 1.807) is 0 Å². The molecular formula is C19H24BrN.